The summed E-state index contributed by atoms with van der Waals surface area (Å²) in [6.45, 7) is 4.24. The largest absolute Gasteiger partial charge is 0.126 e. The SMILES string of the molecule is Cc1ccc(/C=C/CCCl)c(C)c1. The molecule has 0 aromatic heterocycles. The lowest BCUT2D eigenvalue weighted by Gasteiger charge is -2.00. The number of alkyl halides is 1. The van der Waals surface area contributed by atoms with Crippen LogP contribution in [0.4, 0.5) is 0 Å². The van der Waals surface area contributed by atoms with Crippen LogP contribution in [0.25, 0.3) is 6.08 Å². The highest BCUT2D eigenvalue weighted by molar-refractivity contribution is 6.17. The molecule has 1 rings (SSSR count). The second kappa shape index (κ2) is 5.08. The van der Waals surface area contributed by atoms with E-state index >= 15 is 0 Å². The second-order valence-corrected chi connectivity index (χ2v) is 3.62. The minimum Gasteiger partial charge on any atom is -0.126 e. The van der Waals surface area contributed by atoms with Gasteiger partial charge in [-0.1, -0.05) is 35.9 Å². The van der Waals surface area contributed by atoms with Crippen LogP contribution in [0.5, 0.6) is 0 Å². The fourth-order valence-corrected chi connectivity index (χ4v) is 1.41. The molecule has 0 aliphatic carbocycles. The summed E-state index contributed by atoms with van der Waals surface area (Å²) in [7, 11) is 0. The number of allylic oxidation sites excluding steroid dienone is 1. The minimum atomic E-state index is 0.696. The fourth-order valence-electron chi connectivity index (χ4n) is 1.29. The molecule has 0 fully saturated rings. The summed E-state index contributed by atoms with van der Waals surface area (Å²) in [6.07, 6.45) is 5.19. The van der Waals surface area contributed by atoms with Gasteiger partial charge in [0.1, 0.15) is 0 Å². The third-order valence-corrected chi connectivity index (χ3v) is 2.22. The number of halogens is 1. The molecule has 0 aliphatic rings. The first-order valence-corrected chi connectivity index (χ1v) is 5.07. The monoisotopic (exact) mass is 194 g/mol. The topological polar surface area (TPSA) is 0 Å². The van der Waals surface area contributed by atoms with Gasteiger partial charge in [0.25, 0.3) is 0 Å². The van der Waals surface area contributed by atoms with Gasteiger partial charge < -0.3 is 0 Å². The lowest BCUT2D eigenvalue weighted by atomic mass is 10.1. The quantitative estimate of drug-likeness (QED) is 0.640. The van der Waals surface area contributed by atoms with Crippen LogP contribution in [0.3, 0.4) is 0 Å². The van der Waals surface area contributed by atoms with Crippen molar-refractivity contribution < 1.29 is 0 Å². The maximum absolute atomic E-state index is 5.58. The molecule has 0 spiro atoms. The summed E-state index contributed by atoms with van der Waals surface area (Å²) >= 11 is 5.58. The minimum absolute atomic E-state index is 0.696. The van der Waals surface area contributed by atoms with E-state index < -0.39 is 0 Å². The highest BCUT2D eigenvalue weighted by Crippen LogP contribution is 2.12. The molecule has 0 saturated carbocycles. The van der Waals surface area contributed by atoms with E-state index in [9.17, 15) is 0 Å². The highest BCUT2D eigenvalue weighted by Gasteiger charge is 1.92. The third kappa shape index (κ3) is 3.23. The zero-order chi connectivity index (χ0) is 9.68. The van der Waals surface area contributed by atoms with Crippen LogP contribution in [0.1, 0.15) is 23.1 Å². The lowest BCUT2D eigenvalue weighted by Crippen LogP contribution is -1.81. The summed E-state index contributed by atoms with van der Waals surface area (Å²) in [5.74, 6) is 0.696. The summed E-state index contributed by atoms with van der Waals surface area (Å²) in [5.41, 5.74) is 3.92. The zero-order valence-electron chi connectivity index (χ0n) is 8.18. The number of benzene rings is 1. The average molecular weight is 195 g/mol. The molecule has 70 valence electrons. The van der Waals surface area contributed by atoms with Crippen molar-refractivity contribution in [2.45, 2.75) is 20.3 Å². The molecule has 0 amide bonds. The Kier molecular flexibility index (Phi) is 4.04. The Labute approximate surface area is 85.2 Å². The van der Waals surface area contributed by atoms with Gasteiger partial charge in [-0.05, 0) is 31.4 Å². The van der Waals surface area contributed by atoms with E-state index in [1.165, 1.54) is 16.7 Å². The van der Waals surface area contributed by atoms with E-state index in [0.717, 1.165) is 6.42 Å². The van der Waals surface area contributed by atoms with Crippen LogP contribution >= 0.6 is 11.6 Å². The van der Waals surface area contributed by atoms with Gasteiger partial charge in [-0.25, -0.2) is 0 Å². The summed E-state index contributed by atoms with van der Waals surface area (Å²) < 4.78 is 0. The molecule has 0 unspecified atom stereocenters. The Bertz CT molecular complexity index is 300. The Morgan fingerprint density at radius 2 is 2.08 bits per heavy atom. The predicted octanol–water partition coefficient (Wildman–Crippen LogP) is 3.95. The first-order valence-electron chi connectivity index (χ1n) is 4.54. The molecular formula is C12H15Cl. The van der Waals surface area contributed by atoms with Gasteiger partial charge in [0.05, 0.1) is 0 Å². The van der Waals surface area contributed by atoms with Crippen LogP contribution < -0.4 is 0 Å². The zero-order valence-corrected chi connectivity index (χ0v) is 8.93. The Balaban J connectivity index is 2.77. The first kappa shape index (κ1) is 10.3. The van der Waals surface area contributed by atoms with Crippen molar-refractivity contribution >= 4 is 17.7 Å². The molecule has 0 radical (unpaired) electrons. The summed E-state index contributed by atoms with van der Waals surface area (Å²) in [5, 5.41) is 0. The van der Waals surface area contributed by atoms with E-state index in [2.05, 4.69) is 44.2 Å². The van der Waals surface area contributed by atoms with E-state index in [-0.39, 0.29) is 0 Å². The molecule has 0 saturated heterocycles. The van der Waals surface area contributed by atoms with Crippen molar-refractivity contribution in [2.75, 3.05) is 5.88 Å². The standard InChI is InChI=1S/C12H15Cl/c1-10-6-7-12(11(2)9-10)5-3-4-8-13/h3,5-7,9H,4,8H2,1-2H3/b5-3+. The summed E-state index contributed by atoms with van der Waals surface area (Å²) in [6, 6.07) is 6.48. The van der Waals surface area contributed by atoms with Crippen molar-refractivity contribution in [3.63, 3.8) is 0 Å². The number of hydrogen-bond donors (Lipinski definition) is 0. The second-order valence-electron chi connectivity index (χ2n) is 3.24. The molecule has 0 atom stereocenters. The predicted molar refractivity (Wildman–Crippen MR) is 60.3 cm³/mol. The molecule has 1 heteroatoms. The Hall–Kier alpha value is -0.750. The van der Waals surface area contributed by atoms with E-state index in [1.807, 2.05) is 0 Å². The fraction of sp³-hybridized carbons (Fsp3) is 0.333. The maximum Gasteiger partial charge on any atom is 0.0258 e. The van der Waals surface area contributed by atoms with Crippen LogP contribution in [-0.4, -0.2) is 5.88 Å². The van der Waals surface area contributed by atoms with Crippen molar-refractivity contribution in [3.05, 3.63) is 41.0 Å². The molecule has 0 heterocycles. The number of aryl methyl sites for hydroxylation is 2. The molecule has 0 bridgehead atoms. The van der Waals surface area contributed by atoms with Gasteiger partial charge in [-0.2, -0.15) is 0 Å². The van der Waals surface area contributed by atoms with Crippen molar-refractivity contribution in [2.24, 2.45) is 0 Å². The normalized spacial score (nSPS) is 11.0. The third-order valence-electron chi connectivity index (χ3n) is 2.00. The molecular weight excluding hydrogens is 180 g/mol. The van der Waals surface area contributed by atoms with Gasteiger partial charge in [-0.15, -0.1) is 11.6 Å². The van der Waals surface area contributed by atoms with Crippen molar-refractivity contribution in [3.8, 4) is 0 Å². The highest BCUT2D eigenvalue weighted by atomic mass is 35.5. The average Bonchev–Trinajstić information content (AvgIpc) is 2.09. The first-order chi connectivity index (χ1) is 6.24. The van der Waals surface area contributed by atoms with Gasteiger partial charge >= 0.3 is 0 Å². The van der Waals surface area contributed by atoms with E-state index in [4.69, 9.17) is 11.6 Å². The lowest BCUT2D eigenvalue weighted by molar-refractivity contribution is 1.24. The number of rotatable bonds is 3. The number of hydrogen-bond acceptors (Lipinski definition) is 0. The molecule has 0 N–H and O–H groups in total. The van der Waals surface area contributed by atoms with E-state index in [0.29, 0.717) is 5.88 Å². The van der Waals surface area contributed by atoms with Gasteiger partial charge in [0, 0.05) is 5.88 Å². The Morgan fingerprint density at radius 3 is 2.69 bits per heavy atom. The maximum atomic E-state index is 5.58. The van der Waals surface area contributed by atoms with Crippen molar-refractivity contribution in [1.82, 2.24) is 0 Å². The molecule has 13 heavy (non-hydrogen) atoms. The van der Waals surface area contributed by atoms with Crippen LogP contribution in [-0.2, 0) is 0 Å². The van der Waals surface area contributed by atoms with Gasteiger partial charge in [0.2, 0.25) is 0 Å². The Morgan fingerprint density at radius 1 is 1.31 bits per heavy atom. The van der Waals surface area contributed by atoms with Crippen LogP contribution in [0, 0.1) is 13.8 Å². The van der Waals surface area contributed by atoms with Crippen LogP contribution in [0.15, 0.2) is 24.3 Å². The van der Waals surface area contributed by atoms with Crippen molar-refractivity contribution in [1.29, 1.82) is 0 Å². The molecule has 1 aromatic rings. The molecule has 0 aliphatic heterocycles. The molecule has 0 nitrogen and oxygen atoms in total. The summed E-state index contributed by atoms with van der Waals surface area (Å²) in [4.78, 5) is 0. The smallest absolute Gasteiger partial charge is 0.0258 e. The van der Waals surface area contributed by atoms with Gasteiger partial charge in [-0.3, -0.25) is 0 Å². The van der Waals surface area contributed by atoms with Crippen LogP contribution in [0.2, 0.25) is 0 Å². The van der Waals surface area contributed by atoms with E-state index in [1.54, 1.807) is 0 Å². The molecule has 1 aromatic carbocycles. The van der Waals surface area contributed by atoms with Gasteiger partial charge in [0.15, 0.2) is 0 Å².